The Morgan fingerprint density at radius 1 is 0.947 bits per heavy atom. The largest absolute Gasteiger partial charge is 0.356 e. The van der Waals surface area contributed by atoms with Crippen LogP contribution in [0, 0.1) is 6.92 Å². The van der Waals surface area contributed by atoms with E-state index >= 15 is 0 Å². The number of benzene rings is 1. The van der Waals surface area contributed by atoms with E-state index in [0.29, 0.717) is 6.17 Å². The Balaban J connectivity index is 2.02. The fourth-order valence-corrected chi connectivity index (χ4v) is 2.69. The van der Waals surface area contributed by atoms with Gasteiger partial charge in [0, 0.05) is 25.5 Å². The Morgan fingerprint density at radius 2 is 1.63 bits per heavy atom. The predicted molar refractivity (Wildman–Crippen MR) is 81.6 cm³/mol. The van der Waals surface area contributed by atoms with Crippen LogP contribution in [0.3, 0.4) is 0 Å². The topological polar surface area (TPSA) is 6.48 Å². The average Bonchev–Trinajstić information content (AvgIpc) is 2.77. The number of rotatable bonds is 6. The molecule has 104 valence electrons. The van der Waals surface area contributed by atoms with Crippen molar-refractivity contribution in [3.8, 4) is 0 Å². The minimum Gasteiger partial charge on any atom is -0.356 e. The van der Waals surface area contributed by atoms with Crippen LogP contribution >= 0.6 is 0 Å². The standard InChI is InChI=1S/C17H26N2/c1-4-6-17-18(11-5-2)12-13-19(17)14-16-9-7-15(3)8-10-16/h7-10,12-13,17H,4-6,11,14H2,1-3H3. The van der Waals surface area contributed by atoms with Crippen molar-refractivity contribution in [3.05, 3.63) is 47.8 Å². The second kappa shape index (κ2) is 6.65. The molecule has 1 atom stereocenters. The molecule has 0 saturated heterocycles. The summed E-state index contributed by atoms with van der Waals surface area (Å²) in [7, 11) is 0. The van der Waals surface area contributed by atoms with Crippen molar-refractivity contribution in [1.29, 1.82) is 0 Å². The molecule has 2 rings (SSSR count). The van der Waals surface area contributed by atoms with E-state index in [2.05, 4.69) is 67.2 Å². The van der Waals surface area contributed by atoms with Crippen molar-refractivity contribution in [1.82, 2.24) is 9.80 Å². The third kappa shape index (κ3) is 3.52. The van der Waals surface area contributed by atoms with Gasteiger partial charge in [-0.2, -0.15) is 0 Å². The molecule has 0 amide bonds. The van der Waals surface area contributed by atoms with E-state index in [0.717, 1.165) is 13.1 Å². The molecule has 1 aromatic rings. The van der Waals surface area contributed by atoms with Gasteiger partial charge in [0.15, 0.2) is 0 Å². The third-order valence-corrected chi connectivity index (χ3v) is 3.73. The lowest BCUT2D eigenvalue weighted by molar-refractivity contribution is 0.136. The third-order valence-electron chi connectivity index (χ3n) is 3.73. The van der Waals surface area contributed by atoms with Crippen LogP contribution < -0.4 is 0 Å². The SMILES string of the molecule is CCCC1N(CCC)C=CN1Cc1ccc(C)cc1. The maximum absolute atomic E-state index is 2.48. The first kappa shape index (κ1) is 14.0. The van der Waals surface area contributed by atoms with Gasteiger partial charge in [-0.25, -0.2) is 0 Å². The zero-order chi connectivity index (χ0) is 13.7. The molecular weight excluding hydrogens is 232 g/mol. The van der Waals surface area contributed by atoms with Crippen LogP contribution in [0.4, 0.5) is 0 Å². The lowest BCUT2D eigenvalue weighted by Gasteiger charge is -2.32. The lowest BCUT2D eigenvalue weighted by Crippen LogP contribution is -2.38. The van der Waals surface area contributed by atoms with Gasteiger partial charge in [-0.1, -0.05) is 50.1 Å². The van der Waals surface area contributed by atoms with Gasteiger partial charge in [0.05, 0.1) is 0 Å². The molecule has 1 aromatic carbocycles. The Labute approximate surface area is 117 Å². The first-order chi connectivity index (χ1) is 9.24. The molecule has 0 spiro atoms. The summed E-state index contributed by atoms with van der Waals surface area (Å²) in [6.45, 7) is 8.83. The lowest BCUT2D eigenvalue weighted by atomic mass is 10.1. The van der Waals surface area contributed by atoms with Crippen molar-refractivity contribution in [3.63, 3.8) is 0 Å². The zero-order valence-electron chi connectivity index (χ0n) is 12.5. The summed E-state index contributed by atoms with van der Waals surface area (Å²) in [5.41, 5.74) is 2.73. The van der Waals surface area contributed by atoms with Gasteiger partial charge in [0.1, 0.15) is 6.17 Å². The van der Waals surface area contributed by atoms with E-state index in [4.69, 9.17) is 0 Å². The van der Waals surface area contributed by atoms with Gasteiger partial charge < -0.3 is 9.80 Å². The Kier molecular flexibility index (Phi) is 4.89. The molecule has 0 N–H and O–H groups in total. The fourth-order valence-electron chi connectivity index (χ4n) is 2.69. The first-order valence-electron chi connectivity index (χ1n) is 7.50. The summed E-state index contributed by atoms with van der Waals surface area (Å²) in [5, 5.41) is 0. The van der Waals surface area contributed by atoms with Gasteiger partial charge >= 0.3 is 0 Å². The van der Waals surface area contributed by atoms with Crippen molar-refractivity contribution in [2.24, 2.45) is 0 Å². The van der Waals surface area contributed by atoms with Crippen LogP contribution in [-0.4, -0.2) is 22.5 Å². The quantitative estimate of drug-likeness (QED) is 0.757. The summed E-state index contributed by atoms with van der Waals surface area (Å²) in [5.74, 6) is 0. The second-order valence-corrected chi connectivity index (χ2v) is 5.46. The summed E-state index contributed by atoms with van der Waals surface area (Å²) in [4.78, 5) is 4.96. The van der Waals surface area contributed by atoms with Crippen molar-refractivity contribution in [2.75, 3.05) is 6.54 Å². The molecule has 1 aliphatic heterocycles. The second-order valence-electron chi connectivity index (χ2n) is 5.46. The monoisotopic (exact) mass is 258 g/mol. The molecule has 1 unspecified atom stereocenters. The van der Waals surface area contributed by atoms with Crippen LogP contribution in [0.1, 0.15) is 44.2 Å². The maximum Gasteiger partial charge on any atom is 0.101 e. The molecule has 2 nitrogen and oxygen atoms in total. The summed E-state index contributed by atoms with van der Waals surface area (Å²) < 4.78 is 0. The highest BCUT2D eigenvalue weighted by atomic mass is 15.4. The number of hydrogen-bond donors (Lipinski definition) is 0. The molecule has 0 radical (unpaired) electrons. The van der Waals surface area contributed by atoms with Crippen LogP contribution in [0.15, 0.2) is 36.7 Å². The highest BCUT2D eigenvalue weighted by Crippen LogP contribution is 2.22. The molecule has 2 heteroatoms. The summed E-state index contributed by atoms with van der Waals surface area (Å²) in [6, 6.07) is 8.89. The van der Waals surface area contributed by atoms with Gasteiger partial charge in [-0.3, -0.25) is 0 Å². The van der Waals surface area contributed by atoms with Gasteiger partial charge in [0.25, 0.3) is 0 Å². The van der Waals surface area contributed by atoms with Gasteiger partial charge in [0.2, 0.25) is 0 Å². The number of hydrogen-bond acceptors (Lipinski definition) is 2. The van der Waals surface area contributed by atoms with Crippen molar-refractivity contribution in [2.45, 2.75) is 52.7 Å². The molecule has 0 fully saturated rings. The molecule has 19 heavy (non-hydrogen) atoms. The van der Waals surface area contributed by atoms with Crippen LogP contribution in [-0.2, 0) is 6.54 Å². The molecule has 0 bridgehead atoms. The van der Waals surface area contributed by atoms with E-state index in [1.54, 1.807) is 0 Å². The zero-order valence-corrected chi connectivity index (χ0v) is 12.5. The van der Waals surface area contributed by atoms with E-state index in [1.165, 1.54) is 30.4 Å². The van der Waals surface area contributed by atoms with E-state index in [9.17, 15) is 0 Å². The molecule has 0 saturated carbocycles. The summed E-state index contributed by atoms with van der Waals surface area (Å²) in [6.07, 6.45) is 8.75. The molecule has 1 aliphatic rings. The normalized spacial score (nSPS) is 18.4. The van der Waals surface area contributed by atoms with E-state index in [1.807, 2.05) is 0 Å². The first-order valence-corrected chi connectivity index (χ1v) is 7.50. The Bertz CT molecular complexity index is 408. The van der Waals surface area contributed by atoms with Crippen LogP contribution in [0.2, 0.25) is 0 Å². The average molecular weight is 258 g/mol. The Hall–Kier alpha value is -1.44. The molecule has 0 aromatic heterocycles. The van der Waals surface area contributed by atoms with Crippen molar-refractivity contribution >= 4 is 0 Å². The molecule has 0 aliphatic carbocycles. The van der Waals surface area contributed by atoms with Crippen LogP contribution in [0.5, 0.6) is 0 Å². The van der Waals surface area contributed by atoms with E-state index in [-0.39, 0.29) is 0 Å². The highest BCUT2D eigenvalue weighted by Gasteiger charge is 2.24. The predicted octanol–water partition coefficient (Wildman–Crippen LogP) is 4.12. The number of nitrogens with zero attached hydrogens (tertiary/aromatic N) is 2. The maximum atomic E-state index is 2.48. The highest BCUT2D eigenvalue weighted by molar-refractivity contribution is 5.21. The van der Waals surface area contributed by atoms with E-state index < -0.39 is 0 Å². The van der Waals surface area contributed by atoms with Gasteiger partial charge in [-0.15, -0.1) is 0 Å². The minimum atomic E-state index is 0.547. The summed E-state index contributed by atoms with van der Waals surface area (Å²) >= 11 is 0. The molecule has 1 heterocycles. The Morgan fingerprint density at radius 3 is 2.26 bits per heavy atom. The van der Waals surface area contributed by atoms with Crippen molar-refractivity contribution < 1.29 is 0 Å². The smallest absolute Gasteiger partial charge is 0.101 e. The van der Waals surface area contributed by atoms with Crippen LogP contribution in [0.25, 0.3) is 0 Å². The van der Waals surface area contributed by atoms with Gasteiger partial charge in [-0.05, 0) is 25.3 Å². The fraction of sp³-hybridized carbons (Fsp3) is 0.529. The molecular formula is C17H26N2. The number of aryl methyl sites for hydroxylation is 1. The minimum absolute atomic E-state index is 0.547.